The summed E-state index contributed by atoms with van der Waals surface area (Å²) in [4.78, 5) is 24.3. The van der Waals surface area contributed by atoms with Crippen LogP contribution < -0.4 is 0 Å². The maximum Gasteiger partial charge on any atom is 0.308 e. The number of carbonyl (C=O) groups excluding carboxylic acids is 2. The number of ether oxygens (including phenoxy) is 2. The lowest BCUT2D eigenvalue weighted by molar-refractivity contribution is -0.276. The van der Waals surface area contributed by atoms with E-state index in [0.717, 1.165) is 44.9 Å². The smallest absolute Gasteiger partial charge is 0.308 e. The molecule has 0 spiro atoms. The Morgan fingerprint density at radius 1 is 1.16 bits per heavy atom. The quantitative estimate of drug-likeness (QED) is 0.605. The molecule has 5 unspecified atom stereocenters. The molecule has 4 bridgehead atoms. The number of esters is 2. The molecule has 25 heavy (non-hydrogen) atoms. The van der Waals surface area contributed by atoms with Gasteiger partial charge in [0.1, 0.15) is 5.60 Å². The molecule has 4 heteroatoms. The topological polar surface area (TPSA) is 52.6 Å². The molecule has 4 nitrogen and oxygen atoms in total. The van der Waals surface area contributed by atoms with Crippen LogP contribution in [0.2, 0.25) is 0 Å². The number of fused-ring (bicyclic) bond motifs is 1. The van der Waals surface area contributed by atoms with Crippen LogP contribution in [0.25, 0.3) is 0 Å². The SMILES string of the molecule is CCCCC(=O)OCC12CC3CC(OC(=O)C(C)C)(CC(CC)C31)C2. The Bertz CT molecular complexity index is 528. The van der Waals surface area contributed by atoms with E-state index in [1.807, 2.05) is 13.8 Å². The lowest BCUT2D eigenvalue weighted by atomic mass is 9.36. The van der Waals surface area contributed by atoms with Gasteiger partial charge in [-0.15, -0.1) is 0 Å². The highest BCUT2D eigenvalue weighted by Crippen LogP contribution is 2.72. The average Bonchev–Trinajstić information content (AvgIpc) is 2.56. The fourth-order valence-corrected chi connectivity index (χ4v) is 6.02. The number of unbranched alkanes of at least 4 members (excludes halogenated alkanes) is 1. The van der Waals surface area contributed by atoms with Crippen molar-refractivity contribution in [3.63, 3.8) is 0 Å². The van der Waals surface area contributed by atoms with Crippen molar-refractivity contribution in [3.8, 4) is 0 Å². The Morgan fingerprint density at radius 2 is 1.92 bits per heavy atom. The van der Waals surface area contributed by atoms with Crippen LogP contribution in [0.4, 0.5) is 0 Å². The molecule has 142 valence electrons. The van der Waals surface area contributed by atoms with Crippen LogP contribution in [-0.2, 0) is 19.1 Å². The van der Waals surface area contributed by atoms with Gasteiger partial charge in [0.15, 0.2) is 0 Å². The molecule has 0 heterocycles. The minimum Gasteiger partial charge on any atom is -0.465 e. The average molecular weight is 350 g/mol. The van der Waals surface area contributed by atoms with Gasteiger partial charge in [-0.05, 0) is 49.9 Å². The van der Waals surface area contributed by atoms with E-state index in [1.54, 1.807) is 0 Å². The molecule has 5 aliphatic rings. The van der Waals surface area contributed by atoms with Crippen LogP contribution >= 0.6 is 0 Å². The van der Waals surface area contributed by atoms with Crippen molar-refractivity contribution in [2.24, 2.45) is 29.1 Å². The number of rotatable bonds is 8. The van der Waals surface area contributed by atoms with Crippen LogP contribution in [0.3, 0.4) is 0 Å². The van der Waals surface area contributed by atoms with Gasteiger partial charge in [-0.3, -0.25) is 9.59 Å². The van der Waals surface area contributed by atoms with Crippen molar-refractivity contribution in [1.29, 1.82) is 0 Å². The molecule has 5 aliphatic carbocycles. The third kappa shape index (κ3) is 3.33. The highest BCUT2D eigenvalue weighted by atomic mass is 16.6. The van der Waals surface area contributed by atoms with Gasteiger partial charge in [0.2, 0.25) is 0 Å². The van der Waals surface area contributed by atoms with E-state index in [9.17, 15) is 9.59 Å². The maximum atomic E-state index is 12.3. The molecule has 5 saturated carbocycles. The Labute approximate surface area is 152 Å². The summed E-state index contributed by atoms with van der Waals surface area (Å²) in [6.45, 7) is 8.65. The van der Waals surface area contributed by atoms with Crippen molar-refractivity contribution in [2.75, 3.05) is 6.61 Å². The van der Waals surface area contributed by atoms with E-state index in [0.29, 0.717) is 30.8 Å². The second-order valence-electron chi connectivity index (χ2n) is 9.13. The van der Waals surface area contributed by atoms with E-state index in [-0.39, 0.29) is 28.9 Å². The van der Waals surface area contributed by atoms with E-state index >= 15 is 0 Å². The summed E-state index contributed by atoms with van der Waals surface area (Å²) in [5.74, 6) is 1.65. The predicted molar refractivity (Wildman–Crippen MR) is 95.8 cm³/mol. The van der Waals surface area contributed by atoms with Gasteiger partial charge in [-0.2, -0.15) is 0 Å². The molecule has 5 fully saturated rings. The largest absolute Gasteiger partial charge is 0.465 e. The summed E-state index contributed by atoms with van der Waals surface area (Å²) in [6, 6.07) is 0. The van der Waals surface area contributed by atoms with Gasteiger partial charge in [0.25, 0.3) is 0 Å². The van der Waals surface area contributed by atoms with Crippen molar-refractivity contribution in [2.45, 2.75) is 84.7 Å². The van der Waals surface area contributed by atoms with Gasteiger partial charge >= 0.3 is 11.9 Å². The van der Waals surface area contributed by atoms with Gasteiger partial charge < -0.3 is 9.47 Å². The molecule has 0 aromatic heterocycles. The lowest BCUT2D eigenvalue weighted by Gasteiger charge is -2.71. The molecule has 0 aliphatic heterocycles. The van der Waals surface area contributed by atoms with E-state index in [2.05, 4.69) is 13.8 Å². The summed E-state index contributed by atoms with van der Waals surface area (Å²) in [5, 5.41) is 0. The normalized spacial score (nSPS) is 38.4. The molecule has 0 saturated heterocycles. The van der Waals surface area contributed by atoms with Crippen molar-refractivity contribution >= 4 is 11.9 Å². The Kier molecular flexibility index (Phi) is 5.18. The highest BCUT2D eigenvalue weighted by molar-refractivity contribution is 5.72. The molecule has 0 aromatic rings. The zero-order valence-corrected chi connectivity index (χ0v) is 16.3. The van der Waals surface area contributed by atoms with Gasteiger partial charge in [-0.1, -0.05) is 40.5 Å². The third-order valence-electron chi connectivity index (χ3n) is 6.90. The van der Waals surface area contributed by atoms with Crippen molar-refractivity contribution in [1.82, 2.24) is 0 Å². The van der Waals surface area contributed by atoms with Crippen molar-refractivity contribution in [3.05, 3.63) is 0 Å². The van der Waals surface area contributed by atoms with Crippen LogP contribution in [-0.4, -0.2) is 24.1 Å². The second-order valence-corrected chi connectivity index (χ2v) is 9.13. The first-order valence-electron chi connectivity index (χ1n) is 10.2. The maximum absolute atomic E-state index is 12.3. The fourth-order valence-electron chi connectivity index (χ4n) is 6.02. The summed E-state index contributed by atoms with van der Waals surface area (Å²) >= 11 is 0. The zero-order chi connectivity index (χ0) is 18.2. The van der Waals surface area contributed by atoms with E-state index in [4.69, 9.17) is 9.47 Å². The van der Waals surface area contributed by atoms with Crippen LogP contribution in [0.1, 0.15) is 79.1 Å². The molecule has 0 N–H and O–H groups in total. The number of carbonyl (C=O) groups is 2. The van der Waals surface area contributed by atoms with Gasteiger partial charge in [0.05, 0.1) is 12.5 Å². The summed E-state index contributed by atoms with van der Waals surface area (Å²) in [6.07, 6.45) is 7.57. The number of hydrogen-bond acceptors (Lipinski definition) is 4. The molecule has 5 atom stereocenters. The second kappa shape index (κ2) is 6.92. The first-order valence-corrected chi connectivity index (χ1v) is 10.2. The highest BCUT2D eigenvalue weighted by Gasteiger charge is 2.70. The monoisotopic (exact) mass is 350 g/mol. The standard InChI is InChI=1S/C21H34O4/c1-5-7-8-17(22)24-13-20-9-16-11-21(12-20,25-19(23)14(3)4)10-15(6-2)18(16)20/h14-16,18H,5-13H2,1-4H3. The summed E-state index contributed by atoms with van der Waals surface area (Å²) in [7, 11) is 0. The number of hydrogen-bond donors (Lipinski definition) is 0. The minimum absolute atomic E-state index is 0.0565. The molecule has 0 aromatic carbocycles. The van der Waals surface area contributed by atoms with E-state index < -0.39 is 0 Å². The molecule has 5 rings (SSSR count). The summed E-state index contributed by atoms with van der Waals surface area (Å²) < 4.78 is 11.8. The first kappa shape index (κ1) is 18.7. The predicted octanol–water partition coefficient (Wildman–Crippen LogP) is 4.50. The Morgan fingerprint density at radius 3 is 2.56 bits per heavy atom. The Balaban J connectivity index is 1.71. The molecule has 0 radical (unpaired) electrons. The van der Waals surface area contributed by atoms with Crippen LogP contribution in [0, 0.1) is 29.1 Å². The van der Waals surface area contributed by atoms with Crippen molar-refractivity contribution < 1.29 is 19.1 Å². The van der Waals surface area contributed by atoms with Gasteiger partial charge in [-0.25, -0.2) is 0 Å². The molecule has 0 amide bonds. The third-order valence-corrected chi connectivity index (χ3v) is 6.90. The fraction of sp³-hybridized carbons (Fsp3) is 0.905. The minimum atomic E-state index is -0.310. The van der Waals surface area contributed by atoms with Crippen LogP contribution in [0.5, 0.6) is 0 Å². The van der Waals surface area contributed by atoms with Gasteiger partial charge in [0, 0.05) is 11.8 Å². The van der Waals surface area contributed by atoms with E-state index in [1.165, 1.54) is 0 Å². The molecular formula is C21H34O4. The summed E-state index contributed by atoms with van der Waals surface area (Å²) in [5.41, 5.74) is -0.253. The zero-order valence-electron chi connectivity index (χ0n) is 16.3. The lowest BCUT2D eigenvalue weighted by Crippen LogP contribution is -2.69. The molecular weight excluding hydrogens is 316 g/mol. The first-order chi connectivity index (χ1) is 11.8. The Hall–Kier alpha value is -1.06. The van der Waals surface area contributed by atoms with Crippen LogP contribution in [0.15, 0.2) is 0 Å².